The lowest BCUT2D eigenvalue weighted by Crippen LogP contribution is -2.32. The standard InChI is InChI=1S/C19H18F2N2O4/c1-9-5-10(2)23-14(8-24)17(25)18(26)15(16(9)23)19(27)22-7-11-3-4-12(20)6-13(11)21/h3-4,6,8-10,25H,5,7H2,1-2H3,(H,22,27)/t9-,10+/m0/s1. The lowest BCUT2D eigenvalue weighted by atomic mass is 9.99. The Morgan fingerprint density at radius 3 is 2.70 bits per heavy atom. The van der Waals surface area contributed by atoms with Gasteiger partial charge in [0.05, 0.1) is 0 Å². The summed E-state index contributed by atoms with van der Waals surface area (Å²) in [6, 6.07) is 2.77. The van der Waals surface area contributed by atoms with E-state index >= 15 is 0 Å². The predicted molar refractivity (Wildman–Crippen MR) is 93.0 cm³/mol. The largest absolute Gasteiger partial charge is 0.503 e. The van der Waals surface area contributed by atoms with Gasteiger partial charge in [-0.15, -0.1) is 0 Å². The zero-order valence-electron chi connectivity index (χ0n) is 14.8. The number of hydrogen-bond donors (Lipinski definition) is 2. The molecule has 1 aliphatic heterocycles. The van der Waals surface area contributed by atoms with Gasteiger partial charge in [0.2, 0.25) is 5.43 Å². The van der Waals surface area contributed by atoms with Crippen molar-refractivity contribution in [1.29, 1.82) is 0 Å². The van der Waals surface area contributed by atoms with Crippen LogP contribution in [0.4, 0.5) is 8.78 Å². The summed E-state index contributed by atoms with van der Waals surface area (Å²) in [6.07, 6.45) is 0.987. The summed E-state index contributed by atoms with van der Waals surface area (Å²) in [6.45, 7) is 3.38. The van der Waals surface area contributed by atoms with Crippen LogP contribution in [0, 0.1) is 11.6 Å². The fourth-order valence-electron chi connectivity index (χ4n) is 3.66. The summed E-state index contributed by atoms with van der Waals surface area (Å²) < 4.78 is 28.2. The molecule has 0 saturated carbocycles. The van der Waals surface area contributed by atoms with E-state index in [4.69, 9.17) is 0 Å². The number of carbonyl (C=O) groups is 2. The van der Waals surface area contributed by atoms with Crippen molar-refractivity contribution in [2.45, 2.75) is 38.8 Å². The van der Waals surface area contributed by atoms with Crippen LogP contribution in [0.3, 0.4) is 0 Å². The monoisotopic (exact) mass is 376 g/mol. The Balaban J connectivity index is 2.01. The highest BCUT2D eigenvalue weighted by Crippen LogP contribution is 2.39. The Morgan fingerprint density at radius 1 is 1.37 bits per heavy atom. The van der Waals surface area contributed by atoms with E-state index in [-0.39, 0.29) is 35.3 Å². The van der Waals surface area contributed by atoms with Crippen molar-refractivity contribution in [3.8, 4) is 5.75 Å². The van der Waals surface area contributed by atoms with Crippen LogP contribution in [0.2, 0.25) is 0 Å². The van der Waals surface area contributed by atoms with Crippen LogP contribution < -0.4 is 10.7 Å². The van der Waals surface area contributed by atoms with E-state index in [9.17, 15) is 28.3 Å². The molecule has 0 fully saturated rings. The molecule has 1 amide bonds. The Morgan fingerprint density at radius 2 is 2.07 bits per heavy atom. The van der Waals surface area contributed by atoms with Gasteiger partial charge in [-0.2, -0.15) is 0 Å². The maximum absolute atomic E-state index is 13.7. The Bertz CT molecular complexity index is 1000. The summed E-state index contributed by atoms with van der Waals surface area (Å²) in [4.78, 5) is 36.5. The van der Waals surface area contributed by atoms with Crippen LogP contribution in [0.25, 0.3) is 0 Å². The predicted octanol–water partition coefficient (Wildman–Crippen LogP) is 2.64. The van der Waals surface area contributed by atoms with Crippen LogP contribution in [0.5, 0.6) is 5.75 Å². The first-order valence-electron chi connectivity index (χ1n) is 8.44. The minimum Gasteiger partial charge on any atom is -0.503 e. The number of nitrogens with zero attached hydrogens (tertiary/aromatic N) is 1. The molecule has 0 spiro atoms. The average molecular weight is 376 g/mol. The molecule has 2 heterocycles. The van der Waals surface area contributed by atoms with Gasteiger partial charge < -0.3 is 15.0 Å². The normalized spacial score (nSPS) is 18.2. The summed E-state index contributed by atoms with van der Waals surface area (Å²) in [5.41, 5.74) is -0.951. The molecule has 0 radical (unpaired) electrons. The summed E-state index contributed by atoms with van der Waals surface area (Å²) in [5, 5.41) is 12.5. The number of amides is 1. The number of hydrogen-bond acceptors (Lipinski definition) is 4. The van der Waals surface area contributed by atoms with Crippen LogP contribution in [0.1, 0.15) is 64.3 Å². The number of rotatable bonds is 4. The van der Waals surface area contributed by atoms with Gasteiger partial charge in [0, 0.05) is 29.9 Å². The van der Waals surface area contributed by atoms with Crippen molar-refractivity contribution in [1.82, 2.24) is 9.88 Å². The van der Waals surface area contributed by atoms with E-state index in [1.165, 1.54) is 10.6 Å². The zero-order chi connectivity index (χ0) is 19.9. The molecule has 8 heteroatoms. The van der Waals surface area contributed by atoms with Crippen molar-refractivity contribution in [2.75, 3.05) is 0 Å². The molecule has 3 rings (SSSR count). The van der Waals surface area contributed by atoms with E-state index in [1.54, 1.807) is 0 Å². The molecule has 142 valence electrons. The van der Waals surface area contributed by atoms with Gasteiger partial charge >= 0.3 is 0 Å². The van der Waals surface area contributed by atoms with Crippen LogP contribution in [-0.2, 0) is 6.54 Å². The molecule has 2 atom stereocenters. The summed E-state index contributed by atoms with van der Waals surface area (Å²) in [7, 11) is 0. The maximum Gasteiger partial charge on any atom is 0.257 e. The molecular formula is C19H18F2N2O4. The van der Waals surface area contributed by atoms with Gasteiger partial charge in [-0.05, 0) is 25.3 Å². The van der Waals surface area contributed by atoms with Crippen molar-refractivity contribution < 1.29 is 23.5 Å². The fraction of sp³-hybridized carbons (Fsp3) is 0.316. The number of carbonyl (C=O) groups excluding carboxylic acids is 2. The molecule has 6 nitrogen and oxygen atoms in total. The number of halogens is 2. The first-order chi connectivity index (χ1) is 12.8. The fourth-order valence-corrected chi connectivity index (χ4v) is 3.66. The smallest absolute Gasteiger partial charge is 0.257 e. The molecule has 2 aromatic rings. The third kappa shape index (κ3) is 3.11. The van der Waals surface area contributed by atoms with Crippen LogP contribution in [0.15, 0.2) is 23.0 Å². The zero-order valence-corrected chi connectivity index (χ0v) is 14.8. The highest BCUT2D eigenvalue weighted by Gasteiger charge is 2.35. The Labute approximate surface area is 153 Å². The third-order valence-corrected chi connectivity index (χ3v) is 4.86. The Hall–Kier alpha value is -3.03. The van der Waals surface area contributed by atoms with Gasteiger partial charge in [0.25, 0.3) is 5.91 Å². The molecule has 27 heavy (non-hydrogen) atoms. The van der Waals surface area contributed by atoms with Gasteiger partial charge in [-0.3, -0.25) is 14.4 Å². The molecule has 1 aliphatic rings. The SMILES string of the molecule is C[C@@H]1C[C@H](C)c2c(C(=O)NCc3ccc(F)cc3F)c(=O)c(O)c(C=O)n21. The van der Waals surface area contributed by atoms with Crippen molar-refractivity contribution >= 4 is 12.2 Å². The van der Waals surface area contributed by atoms with Crippen molar-refractivity contribution in [3.05, 3.63) is 62.6 Å². The molecule has 2 N–H and O–H groups in total. The summed E-state index contributed by atoms with van der Waals surface area (Å²) >= 11 is 0. The lowest BCUT2D eigenvalue weighted by Gasteiger charge is -2.18. The van der Waals surface area contributed by atoms with Gasteiger partial charge in [0.1, 0.15) is 22.9 Å². The minimum absolute atomic E-state index is 0.0525. The van der Waals surface area contributed by atoms with E-state index in [1.807, 2.05) is 13.8 Å². The molecule has 0 aliphatic carbocycles. The molecule has 0 bridgehead atoms. The number of aromatic hydroxyl groups is 1. The highest BCUT2D eigenvalue weighted by atomic mass is 19.1. The number of benzene rings is 1. The number of aldehydes is 1. The first-order valence-corrected chi connectivity index (χ1v) is 8.44. The first kappa shape index (κ1) is 18.8. The second-order valence-electron chi connectivity index (χ2n) is 6.72. The molecular weight excluding hydrogens is 358 g/mol. The Kier molecular flexibility index (Phi) is 4.82. The molecule has 0 saturated heterocycles. The van der Waals surface area contributed by atoms with E-state index in [2.05, 4.69) is 5.32 Å². The van der Waals surface area contributed by atoms with Crippen molar-refractivity contribution in [2.24, 2.45) is 0 Å². The topological polar surface area (TPSA) is 88.4 Å². The second-order valence-corrected chi connectivity index (χ2v) is 6.72. The molecule has 1 aromatic carbocycles. The average Bonchev–Trinajstić information content (AvgIpc) is 2.89. The second kappa shape index (κ2) is 6.94. The van der Waals surface area contributed by atoms with Gasteiger partial charge in [0.15, 0.2) is 12.0 Å². The number of nitrogens with one attached hydrogen (secondary N) is 1. The number of pyridine rings is 1. The number of fused-ring (bicyclic) bond motifs is 1. The maximum atomic E-state index is 13.7. The molecule has 1 aromatic heterocycles. The van der Waals surface area contributed by atoms with Gasteiger partial charge in [-0.25, -0.2) is 8.78 Å². The van der Waals surface area contributed by atoms with Gasteiger partial charge in [-0.1, -0.05) is 13.0 Å². The van der Waals surface area contributed by atoms with Crippen LogP contribution >= 0.6 is 0 Å². The number of aromatic nitrogens is 1. The third-order valence-electron chi connectivity index (χ3n) is 4.86. The molecule has 0 unspecified atom stereocenters. The summed E-state index contributed by atoms with van der Waals surface area (Å²) in [5.74, 6) is -3.32. The highest BCUT2D eigenvalue weighted by molar-refractivity contribution is 5.97. The minimum atomic E-state index is -0.943. The van der Waals surface area contributed by atoms with Crippen LogP contribution in [-0.4, -0.2) is 21.9 Å². The lowest BCUT2D eigenvalue weighted by molar-refractivity contribution is 0.0945. The van der Waals surface area contributed by atoms with E-state index < -0.39 is 28.7 Å². The quantitative estimate of drug-likeness (QED) is 0.803. The van der Waals surface area contributed by atoms with E-state index in [0.29, 0.717) is 24.5 Å². The van der Waals surface area contributed by atoms with E-state index in [0.717, 1.165) is 6.07 Å². The van der Waals surface area contributed by atoms with Crippen molar-refractivity contribution in [3.63, 3.8) is 0 Å².